The van der Waals surface area contributed by atoms with E-state index in [0.717, 1.165) is 11.3 Å². The van der Waals surface area contributed by atoms with E-state index in [1.807, 2.05) is 18.2 Å². The quantitative estimate of drug-likeness (QED) is 0.531. The number of nitrogen functional groups attached to an aromatic ring is 1. The van der Waals surface area contributed by atoms with Crippen LogP contribution in [0.15, 0.2) is 54.7 Å². The molecule has 1 aromatic carbocycles. The van der Waals surface area contributed by atoms with Gasteiger partial charge in [0, 0.05) is 5.56 Å². The molecule has 0 radical (unpaired) electrons. The van der Waals surface area contributed by atoms with Crippen LogP contribution in [-0.4, -0.2) is 35.1 Å². The highest BCUT2D eigenvalue weighted by molar-refractivity contribution is 5.68. The van der Waals surface area contributed by atoms with E-state index < -0.39 is 0 Å². The third-order valence-corrected chi connectivity index (χ3v) is 4.16. The van der Waals surface area contributed by atoms with Gasteiger partial charge in [-0.15, -0.1) is 0 Å². The molecule has 3 aromatic heterocycles. The fraction of sp³-hybridized carbons (Fsp3) is 0.100. The van der Waals surface area contributed by atoms with Crippen molar-refractivity contribution >= 4 is 5.95 Å². The van der Waals surface area contributed by atoms with Crippen LogP contribution in [0.4, 0.5) is 5.95 Å². The molecule has 0 aliphatic rings. The van der Waals surface area contributed by atoms with Crippen LogP contribution in [0.5, 0.6) is 0 Å². The lowest BCUT2D eigenvalue weighted by molar-refractivity contribution is 0.276. The first-order valence-corrected chi connectivity index (χ1v) is 8.76. The van der Waals surface area contributed by atoms with Gasteiger partial charge in [0.1, 0.15) is 12.2 Å². The van der Waals surface area contributed by atoms with Gasteiger partial charge in [-0.05, 0) is 30.3 Å². The smallest absolute Gasteiger partial charge is 0.221 e. The molecule has 3 N–H and O–H groups in total. The first kappa shape index (κ1) is 18.2. The summed E-state index contributed by atoms with van der Waals surface area (Å²) in [5.41, 5.74) is 10.2. The number of anilines is 1. The average molecular weight is 384 g/mol. The third kappa shape index (κ3) is 4.07. The summed E-state index contributed by atoms with van der Waals surface area (Å²) in [6, 6.07) is 16.4. The van der Waals surface area contributed by atoms with Gasteiger partial charge in [0.25, 0.3) is 0 Å². The molecule has 0 amide bonds. The van der Waals surface area contributed by atoms with E-state index in [1.165, 1.54) is 4.80 Å². The summed E-state index contributed by atoms with van der Waals surface area (Å²) in [7, 11) is 0. The Balaban J connectivity index is 1.64. The highest BCUT2D eigenvalue weighted by Crippen LogP contribution is 2.24. The van der Waals surface area contributed by atoms with Crippen molar-refractivity contribution in [2.75, 3.05) is 5.73 Å². The zero-order valence-electron chi connectivity index (χ0n) is 15.3. The van der Waals surface area contributed by atoms with Crippen LogP contribution in [0.3, 0.4) is 0 Å². The van der Waals surface area contributed by atoms with Gasteiger partial charge in [-0.1, -0.05) is 18.2 Å². The van der Waals surface area contributed by atoms with Crippen LogP contribution in [0.25, 0.3) is 22.6 Å². The van der Waals surface area contributed by atoms with E-state index in [2.05, 4.69) is 31.2 Å². The van der Waals surface area contributed by atoms with Gasteiger partial charge in [0.15, 0.2) is 0 Å². The molecule has 3 heterocycles. The van der Waals surface area contributed by atoms with Gasteiger partial charge >= 0.3 is 0 Å². The minimum Gasteiger partial charge on any atom is -0.390 e. The number of hydrogen-bond donors (Lipinski definition) is 2. The van der Waals surface area contributed by atoms with Crippen LogP contribution in [0.2, 0.25) is 0 Å². The number of aliphatic hydroxyl groups excluding tert-OH is 1. The maximum absolute atomic E-state index is 9.22. The zero-order chi connectivity index (χ0) is 20.2. The first-order valence-electron chi connectivity index (χ1n) is 8.76. The Bertz CT molecular complexity index is 1210. The Hall–Kier alpha value is -4.16. The molecule has 0 saturated heterocycles. The molecule has 0 aliphatic heterocycles. The maximum atomic E-state index is 9.22. The molecular formula is C20H16N8O. The minimum absolute atomic E-state index is 0.103. The van der Waals surface area contributed by atoms with Crippen LogP contribution in [0.1, 0.15) is 17.0 Å². The van der Waals surface area contributed by atoms with Gasteiger partial charge in [-0.3, -0.25) is 4.98 Å². The monoisotopic (exact) mass is 384 g/mol. The van der Waals surface area contributed by atoms with Crippen LogP contribution >= 0.6 is 0 Å². The number of benzene rings is 1. The Labute approximate surface area is 166 Å². The topological polar surface area (TPSA) is 139 Å². The molecular weight excluding hydrogens is 368 g/mol. The SMILES string of the molecule is N#Cc1cccc(-c2cc(-c3cnn(Cc4cccc(CO)n4)n3)nc(N)n2)c1. The van der Waals surface area contributed by atoms with Crippen molar-refractivity contribution in [3.63, 3.8) is 0 Å². The summed E-state index contributed by atoms with van der Waals surface area (Å²) in [6.45, 7) is 0.229. The lowest BCUT2D eigenvalue weighted by atomic mass is 10.1. The molecule has 29 heavy (non-hydrogen) atoms. The van der Waals surface area contributed by atoms with E-state index in [0.29, 0.717) is 34.9 Å². The highest BCUT2D eigenvalue weighted by atomic mass is 16.3. The average Bonchev–Trinajstić information content (AvgIpc) is 3.22. The van der Waals surface area contributed by atoms with Crippen molar-refractivity contribution in [3.05, 3.63) is 71.7 Å². The van der Waals surface area contributed by atoms with Crippen molar-refractivity contribution in [1.82, 2.24) is 29.9 Å². The van der Waals surface area contributed by atoms with Crippen molar-refractivity contribution in [2.24, 2.45) is 0 Å². The largest absolute Gasteiger partial charge is 0.390 e. The Morgan fingerprint density at radius 2 is 1.76 bits per heavy atom. The van der Waals surface area contributed by atoms with Gasteiger partial charge in [0.2, 0.25) is 5.95 Å². The number of nitrogens with two attached hydrogens (primary N) is 1. The number of aromatic nitrogens is 6. The Kier molecular flexibility index (Phi) is 4.92. The summed E-state index contributed by atoms with van der Waals surface area (Å²) >= 11 is 0. The van der Waals surface area contributed by atoms with Crippen molar-refractivity contribution in [1.29, 1.82) is 5.26 Å². The molecule has 9 nitrogen and oxygen atoms in total. The predicted octanol–water partition coefficient (Wildman–Crippen LogP) is 1.79. The third-order valence-electron chi connectivity index (χ3n) is 4.16. The zero-order valence-corrected chi connectivity index (χ0v) is 15.3. The number of pyridine rings is 1. The summed E-state index contributed by atoms with van der Waals surface area (Å²) in [5.74, 6) is 0.103. The van der Waals surface area contributed by atoms with Crippen LogP contribution in [0, 0.1) is 11.3 Å². The molecule has 4 rings (SSSR count). The molecule has 0 fully saturated rings. The number of rotatable bonds is 5. The molecule has 0 aliphatic carbocycles. The molecule has 0 atom stereocenters. The number of nitriles is 1. The molecule has 0 unspecified atom stereocenters. The second-order valence-electron chi connectivity index (χ2n) is 6.23. The molecule has 0 spiro atoms. The van der Waals surface area contributed by atoms with Crippen molar-refractivity contribution < 1.29 is 5.11 Å². The number of hydrogen-bond acceptors (Lipinski definition) is 8. The Morgan fingerprint density at radius 3 is 2.59 bits per heavy atom. The van der Waals surface area contributed by atoms with Crippen molar-refractivity contribution in [3.8, 4) is 28.7 Å². The second-order valence-corrected chi connectivity index (χ2v) is 6.23. The fourth-order valence-electron chi connectivity index (χ4n) is 2.83. The first-order chi connectivity index (χ1) is 14.1. The molecule has 0 bridgehead atoms. The molecule has 142 valence electrons. The van der Waals surface area contributed by atoms with E-state index in [4.69, 9.17) is 11.0 Å². The summed E-state index contributed by atoms with van der Waals surface area (Å²) in [6.07, 6.45) is 1.59. The van der Waals surface area contributed by atoms with E-state index in [-0.39, 0.29) is 12.6 Å². The highest BCUT2D eigenvalue weighted by Gasteiger charge is 2.11. The fourth-order valence-corrected chi connectivity index (χ4v) is 2.83. The summed E-state index contributed by atoms with van der Waals surface area (Å²) in [4.78, 5) is 14.3. The Morgan fingerprint density at radius 1 is 0.966 bits per heavy atom. The van der Waals surface area contributed by atoms with E-state index in [1.54, 1.807) is 36.5 Å². The standard InChI is InChI=1S/C20H16N8O/c21-9-13-3-1-4-14(7-13)17-8-18(26-20(22)25-17)19-10-23-28(27-19)11-15-5-2-6-16(12-29)24-15/h1-8,10,29H,11-12H2,(H2,22,25,26). The lowest BCUT2D eigenvalue weighted by Gasteiger charge is -2.05. The summed E-state index contributed by atoms with van der Waals surface area (Å²) in [5, 5.41) is 27.0. The molecule has 0 saturated carbocycles. The van der Waals surface area contributed by atoms with Crippen LogP contribution < -0.4 is 5.73 Å². The van der Waals surface area contributed by atoms with Gasteiger partial charge in [-0.25, -0.2) is 9.97 Å². The van der Waals surface area contributed by atoms with Gasteiger partial charge in [-0.2, -0.15) is 20.3 Å². The van der Waals surface area contributed by atoms with E-state index >= 15 is 0 Å². The maximum Gasteiger partial charge on any atom is 0.221 e. The minimum atomic E-state index is -0.123. The van der Waals surface area contributed by atoms with Gasteiger partial charge < -0.3 is 10.8 Å². The predicted molar refractivity (Wildman–Crippen MR) is 105 cm³/mol. The number of nitrogens with zero attached hydrogens (tertiary/aromatic N) is 7. The van der Waals surface area contributed by atoms with Gasteiger partial charge in [0.05, 0.1) is 47.2 Å². The summed E-state index contributed by atoms with van der Waals surface area (Å²) < 4.78 is 0. The van der Waals surface area contributed by atoms with Crippen LogP contribution in [-0.2, 0) is 13.2 Å². The van der Waals surface area contributed by atoms with Crippen molar-refractivity contribution in [2.45, 2.75) is 13.2 Å². The lowest BCUT2D eigenvalue weighted by Crippen LogP contribution is -2.07. The normalized spacial score (nSPS) is 10.6. The molecule has 4 aromatic rings. The second kappa shape index (κ2) is 7.84. The molecule has 9 heteroatoms. The van der Waals surface area contributed by atoms with E-state index in [9.17, 15) is 5.11 Å². The number of aliphatic hydroxyl groups is 1.